The third-order valence-corrected chi connectivity index (χ3v) is 3.87. The van der Waals surface area contributed by atoms with E-state index in [1.54, 1.807) is 24.5 Å². The Bertz CT molecular complexity index is 802. The normalized spacial score (nSPS) is 23.5. The number of azide groups is 1. The first-order valence-corrected chi connectivity index (χ1v) is 6.75. The maximum Gasteiger partial charge on any atom is 0.226 e. The van der Waals surface area contributed by atoms with E-state index in [0.29, 0.717) is 11.5 Å². The van der Waals surface area contributed by atoms with E-state index in [2.05, 4.69) is 15.0 Å². The number of carbonyl (C=O) groups is 1. The van der Waals surface area contributed by atoms with Gasteiger partial charge in [0.1, 0.15) is 23.4 Å². The van der Waals surface area contributed by atoms with E-state index in [-0.39, 0.29) is 17.9 Å². The zero-order valence-electron chi connectivity index (χ0n) is 11.3. The first kappa shape index (κ1) is 12.7. The lowest BCUT2D eigenvalue weighted by Gasteiger charge is -2.09. The maximum absolute atomic E-state index is 11.7. The van der Waals surface area contributed by atoms with Crippen LogP contribution >= 0.6 is 0 Å². The zero-order chi connectivity index (χ0) is 15.1. The predicted molar refractivity (Wildman–Crippen MR) is 75.6 cm³/mol. The highest BCUT2D eigenvalue weighted by molar-refractivity contribution is 5.86. The van der Waals surface area contributed by atoms with Gasteiger partial charge in [-0.15, -0.1) is 0 Å². The average Bonchev–Trinajstić information content (AvgIpc) is 3.13. The van der Waals surface area contributed by atoms with Crippen molar-refractivity contribution in [2.75, 3.05) is 0 Å². The molecule has 0 spiro atoms. The van der Waals surface area contributed by atoms with E-state index in [0.717, 1.165) is 11.3 Å². The fourth-order valence-electron chi connectivity index (χ4n) is 2.85. The van der Waals surface area contributed by atoms with Crippen molar-refractivity contribution >= 4 is 5.91 Å². The van der Waals surface area contributed by atoms with E-state index in [4.69, 9.17) is 15.0 Å². The van der Waals surface area contributed by atoms with Crippen LogP contribution in [0.25, 0.3) is 10.4 Å². The molecule has 2 heterocycles. The molecule has 22 heavy (non-hydrogen) atoms. The minimum Gasteiger partial charge on any atom is -0.489 e. The van der Waals surface area contributed by atoms with Gasteiger partial charge in [0.15, 0.2) is 0 Å². The molecule has 4 rings (SSSR count). The van der Waals surface area contributed by atoms with Crippen LogP contribution in [0.4, 0.5) is 0 Å². The number of rotatable bonds is 3. The van der Waals surface area contributed by atoms with Gasteiger partial charge in [-0.25, -0.2) is 0 Å². The van der Waals surface area contributed by atoms with Gasteiger partial charge >= 0.3 is 0 Å². The second-order valence-corrected chi connectivity index (χ2v) is 5.15. The second-order valence-electron chi connectivity index (χ2n) is 5.15. The highest BCUT2D eigenvalue weighted by Crippen LogP contribution is 2.59. The van der Waals surface area contributed by atoms with Crippen molar-refractivity contribution in [1.29, 1.82) is 0 Å². The van der Waals surface area contributed by atoms with Crippen LogP contribution in [0.3, 0.4) is 0 Å². The van der Waals surface area contributed by atoms with Crippen molar-refractivity contribution in [3.8, 4) is 17.2 Å². The summed E-state index contributed by atoms with van der Waals surface area (Å²) in [5, 5.41) is 3.16. The molecule has 1 saturated carbocycles. The molecule has 1 aliphatic carbocycles. The summed E-state index contributed by atoms with van der Waals surface area (Å²) in [4.78, 5) is 18.1. The molecule has 2 aliphatic rings. The number of fused-ring (bicyclic) bond motifs is 3. The number of benzene rings is 1. The molecule has 0 radical (unpaired) electrons. The molecule has 0 saturated heterocycles. The third kappa shape index (κ3) is 1.96. The molecule has 1 aromatic heterocycles. The van der Waals surface area contributed by atoms with Crippen LogP contribution in [0.2, 0.25) is 0 Å². The summed E-state index contributed by atoms with van der Waals surface area (Å²) in [6.45, 7) is 0. The second kappa shape index (κ2) is 4.75. The Morgan fingerprint density at radius 3 is 2.86 bits per heavy atom. The largest absolute Gasteiger partial charge is 0.489 e. The van der Waals surface area contributed by atoms with Crippen LogP contribution in [0.5, 0.6) is 17.2 Å². The SMILES string of the molecule is [N-]=[N+]=NC(=O)C1[C@H]2Oc3ccc(Oc4ccncc4)cc3[C@@H]12. The van der Waals surface area contributed by atoms with Crippen molar-refractivity contribution in [3.05, 3.63) is 58.7 Å². The summed E-state index contributed by atoms with van der Waals surface area (Å²) in [5.74, 6) is 1.21. The van der Waals surface area contributed by atoms with Crippen LogP contribution in [-0.4, -0.2) is 17.0 Å². The van der Waals surface area contributed by atoms with E-state index in [1.807, 2.05) is 18.2 Å². The third-order valence-electron chi connectivity index (χ3n) is 3.87. The first-order chi connectivity index (χ1) is 10.8. The molecule has 2 aromatic rings. The Morgan fingerprint density at radius 2 is 2.09 bits per heavy atom. The summed E-state index contributed by atoms with van der Waals surface area (Å²) < 4.78 is 11.4. The van der Waals surface area contributed by atoms with E-state index in [9.17, 15) is 4.79 Å². The van der Waals surface area contributed by atoms with E-state index < -0.39 is 5.91 Å². The Kier molecular flexibility index (Phi) is 2.74. The lowest BCUT2D eigenvalue weighted by atomic mass is 10.1. The molecule has 1 unspecified atom stereocenters. The monoisotopic (exact) mass is 294 g/mol. The highest BCUT2D eigenvalue weighted by atomic mass is 16.5. The van der Waals surface area contributed by atoms with Crippen molar-refractivity contribution in [1.82, 2.24) is 4.98 Å². The van der Waals surface area contributed by atoms with E-state index in [1.165, 1.54) is 0 Å². The molecule has 1 fully saturated rings. The van der Waals surface area contributed by atoms with Crippen LogP contribution in [0.15, 0.2) is 47.8 Å². The number of amides is 1. The Labute approximate surface area is 125 Å². The zero-order valence-corrected chi connectivity index (χ0v) is 11.3. The van der Waals surface area contributed by atoms with Gasteiger partial charge in [-0.1, -0.05) is 0 Å². The van der Waals surface area contributed by atoms with Gasteiger partial charge in [-0.2, -0.15) is 0 Å². The van der Waals surface area contributed by atoms with Crippen molar-refractivity contribution in [2.24, 2.45) is 11.0 Å². The molecule has 7 heteroatoms. The molecule has 0 bridgehead atoms. The lowest BCUT2D eigenvalue weighted by Crippen LogP contribution is -2.06. The fraction of sp³-hybridized carbons (Fsp3) is 0.200. The number of hydrogen-bond donors (Lipinski definition) is 0. The summed E-state index contributed by atoms with van der Waals surface area (Å²) in [6.07, 6.45) is 3.08. The molecule has 0 N–H and O–H groups in total. The molecular weight excluding hydrogens is 284 g/mol. The maximum atomic E-state index is 11.7. The Balaban J connectivity index is 1.58. The topological polar surface area (TPSA) is 97.2 Å². The predicted octanol–water partition coefficient (Wildman–Crippen LogP) is 3.19. The van der Waals surface area contributed by atoms with Crippen LogP contribution < -0.4 is 9.47 Å². The molecular formula is C15H10N4O3. The molecule has 1 amide bonds. The number of aromatic nitrogens is 1. The summed E-state index contributed by atoms with van der Waals surface area (Å²) in [6, 6.07) is 9.03. The van der Waals surface area contributed by atoms with Gasteiger partial charge < -0.3 is 9.47 Å². The average molecular weight is 294 g/mol. The smallest absolute Gasteiger partial charge is 0.226 e. The standard InChI is InChI=1S/C15H10N4O3/c16-19-18-15(20)13-12-10-7-9(1-2-11(10)22-14(12)13)21-8-3-5-17-6-4-8/h1-7,12-14H/t12-,13?,14-/m0/s1. The van der Waals surface area contributed by atoms with Gasteiger partial charge in [0.25, 0.3) is 0 Å². The number of hydrogen-bond acceptors (Lipinski definition) is 4. The van der Waals surface area contributed by atoms with Crippen molar-refractivity contribution in [2.45, 2.75) is 12.0 Å². The quantitative estimate of drug-likeness (QED) is 0.493. The van der Waals surface area contributed by atoms with Crippen molar-refractivity contribution in [3.63, 3.8) is 0 Å². The van der Waals surface area contributed by atoms with Crippen molar-refractivity contribution < 1.29 is 14.3 Å². The molecule has 108 valence electrons. The number of pyridine rings is 1. The lowest BCUT2D eigenvalue weighted by molar-refractivity contribution is -0.119. The fourth-order valence-corrected chi connectivity index (χ4v) is 2.85. The highest BCUT2D eigenvalue weighted by Gasteiger charge is 2.62. The Hall–Kier alpha value is -3.05. The van der Waals surface area contributed by atoms with Gasteiger partial charge in [-0.3, -0.25) is 9.78 Å². The van der Waals surface area contributed by atoms with Crippen LogP contribution in [-0.2, 0) is 4.79 Å². The summed E-state index contributed by atoms with van der Waals surface area (Å²) in [7, 11) is 0. The molecule has 1 aromatic carbocycles. The number of carbonyl (C=O) groups excluding carboxylic acids is 1. The molecule has 7 nitrogen and oxygen atoms in total. The molecule has 1 aliphatic heterocycles. The van der Waals surface area contributed by atoms with E-state index >= 15 is 0 Å². The summed E-state index contributed by atoms with van der Waals surface area (Å²) in [5.41, 5.74) is 9.27. The Morgan fingerprint density at radius 1 is 1.27 bits per heavy atom. The minimum atomic E-state index is -0.469. The van der Waals surface area contributed by atoms with Crippen LogP contribution in [0.1, 0.15) is 11.5 Å². The number of nitrogens with zero attached hydrogens (tertiary/aromatic N) is 4. The van der Waals surface area contributed by atoms with Gasteiger partial charge in [-0.05, 0) is 41.0 Å². The van der Waals surface area contributed by atoms with Crippen LogP contribution in [0, 0.1) is 5.92 Å². The number of ether oxygens (including phenoxy) is 2. The minimum absolute atomic E-state index is 0.0472. The van der Waals surface area contributed by atoms with Gasteiger partial charge in [0.2, 0.25) is 5.91 Å². The molecule has 3 atom stereocenters. The van der Waals surface area contributed by atoms with Gasteiger partial charge in [0.05, 0.1) is 5.92 Å². The first-order valence-electron chi connectivity index (χ1n) is 6.75. The van der Waals surface area contributed by atoms with Gasteiger partial charge in [0, 0.05) is 28.8 Å². The summed E-state index contributed by atoms with van der Waals surface area (Å²) >= 11 is 0.